The summed E-state index contributed by atoms with van der Waals surface area (Å²) in [4.78, 5) is 2.58. The number of nitrogens with zero attached hydrogens (tertiary/aromatic N) is 2. The van der Waals surface area contributed by atoms with Crippen molar-refractivity contribution in [2.75, 3.05) is 11.2 Å². The zero-order valence-electron chi connectivity index (χ0n) is 24.8. The average Bonchev–Trinajstić information content (AvgIpc) is 3.55. The molecule has 0 bridgehead atoms. The van der Waals surface area contributed by atoms with Crippen LogP contribution in [-0.4, -0.2) is 37.1 Å². The number of aryl methyl sites for hydroxylation is 1. The van der Waals surface area contributed by atoms with Gasteiger partial charge in [-0.3, -0.25) is 0 Å². The molecule has 6 heteroatoms. The van der Waals surface area contributed by atoms with Crippen molar-refractivity contribution in [2.45, 2.75) is 95.0 Å². The van der Waals surface area contributed by atoms with Crippen molar-refractivity contribution in [3.8, 4) is 0 Å². The van der Waals surface area contributed by atoms with Crippen molar-refractivity contribution in [1.29, 1.82) is 0 Å². The predicted octanol–water partition coefficient (Wildman–Crippen LogP) is 8.14. The van der Waals surface area contributed by atoms with Crippen LogP contribution in [0, 0.1) is 0 Å². The van der Waals surface area contributed by atoms with E-state index in [0.29, 0.717) is 11.3 Å². The zero-order valence-corrected chi connectivity index (χ0v) is 25.6. The van der Waals surface area contributed by atoms with Crippen molar-refractivity contribution in [1.82, 2.24) is 4.57 Å². The lowest BCUT2D eigenvalue weighted by atomic mass is 9.94. The van der Waals surface area contributed by atoms with Gasteiger partial charge in [0.05, 0.1) is 16.1 Å². The molecule has 5 nitrogen and oxygen atoms in total. The second kappa shape index (κ2) is 11.0. The Balaban J connectivity index is 1.26. The maximum absolute atomic E-state index is 12.6. The molecule has 0 aliphatic carbocycles. The standard InChI is InChI=1S/C35H42N2O3S/c1-5-6-7-8-9-12-22-36-29-16-11-10-15-27(29)28-23-25(18-20-30(28)36)19-21-32-35(2,3)37-33(40-32)24-26-14-13-17-31(34(26)37)41(4,38)39/h10-11,13-21,23,32-33H,5-9,12,22,24H2,1-4H3. The van der Waals surface area contributed by atoms with E-state index in [1.807, 2.05) is 12.1 Å². The van der Waals surface area contributed by atoms with Gasteiger partial charge in [0.2, 0.25) is 0 Å². The highest BCUT2D eigenvalue weighted by Gasteiger charge is 2.52. The molecule has 0 spiro atoms. The molecule has 6 rings (SSSR count). The largest absolute Gasteiger partial charge is 0.348 e. The number of rotatable bonds is 10. The number of benzene rings is 3. The van der Waals surface area contributed by atoms with E-state index in [0.717, 1.165) is 23.4 Å². The number of hydrogen-bond donors (Lipinski definition) is 0. The number of sulfone groups is 1. The molecule has 41 heavy (non-hydrogen) atoms. The fraction of sp³-hybridized carbons (Fsp3) is 0.429. The summed E-state index contributed by atoms with van der Waals surface area (Å²) in [6.07, 6.45) is 13.7. The van der Waals surface area contributed by atoms with Crippen LogP contribution in [0.25, 0.3) is 27.9 Å². The first kappa shape index (κ1) is 28.0. The number of anilines is 1. The van der Waals surface area contributed by atoms with Gasteiger partial charge in [-0.15, -0.1) is 0 Å². The Bertz CT molecular complexity index is 1720. The summed E-state index contributed by atoms with van der Waals surface area (Å²) in [5, 5.41) is 2.58. The summed E-state index contributed by atoms with van der Waals surface area (Å²) in [5.41, 5.74) is 5.18. The summed E-state index contributed by atoms with van der Waals surface area (Å²) >= 11 is 0. The van der Waals surface area contributed by atoms with Crippen LogP contribution >= 0.6 is 0 Å². The number of hydrogen-bond acceptors (Lipinski definition) is 4. The molecule has 3 heterocycles. The van der Waals surface area contributed by atoms with Gasteiger partial charge in [0.25, 0.3) is 0 Å². The molecular formula is C35H42N2O3S. The Morgan fingerprint density at radius 1 is 0.927 bits per heavy atom. The number of ether oxygens (including phenoxy) is 1. The Labute approximate surface area is 244 Å². The molecule has 0 amide bonds. The van der Waals surface area contributed by atoms with E-state index in [-0.39, 0.29) is 12.3 Å². The van der Waals surface area contributed by atoms with Crippen LogP contribution in [0.4, 0.5) is 5.69 Å². The summed E-state index contributed by atoms with van der Waals surface area (Å²) in [7, 11) is -3.36. The fourth-order valence-corrected chi connectivity index (χ4v) is 7.82. The molecule has 2 aliphatic heterocycles. The van der Waals surface area contributed by atoms with E-state index in [1.165, 1.54) is 66.6 Å². The lowest BCUT2D eigenvalue weighted by Gasteiger charge is -2.35. The maximum Gasteiger partial charge on any atom is 0.177 e. The van der Waals surface area contributed by atoms with Crippen LogP contribution in [0.5, 0.6) is 0 Å². The van der Waals surface area contributed by atoms with Crippen molar-refractivity contribution in [2.24, 2.45) is 0 Å². The van der Waals surface area contributed by atoms with E-state index in [4.69, 9.17) is 4.74 Å². The summed E-state index contributed by atoms with van der Waals surface area (Å²) in [6.45, 7) is 7.61. The Morgan fingerprint density at radius 3 is 2.49 bits per heavy atom. The molecule has 2 aliphatic rings. The molecule has 1 fully saturated rings. The monoisotopic (exact) mass is 570 g/mol. The second-order valence-corrected chi connectivity index (χ2v) is 14.3. The highest BCUT2D eigenvalue weighted by molar-refractivity contribution is 7.90. The van der Waals surface area contributed by atoms with Gasteiger partial charge in [-0.2, -0.15) is 0 Å². The number of aromatic nitrogens is 1. The van der Waals surface area contributed by atoms with Gasteiger partial charge >= 0.3 is 0 Å². The molecule has 0 saturated carbocycles. The predicted molar refractivity (Wildman–Crippen MR) is 170 cm³/mol. The fourth-order valence-electron chi connectivity index (χ4n) is 6.92. The molecule has 0 N–H and O–H groups in total. The Kier molecular flexibility index (Phi) is 7.50. The van der Waals surface area contributed by atoms with Gasteiger partial charge in [-0.1, -0.05) is 87.6 Å². The zero-order chi connectivity index (χ0) is 28.8. The lowest BCUT2D eigenvalue weighted by Crippen LogP contribution is -2.46. The van der Waals surface area contributed by atoms with E-state index in [1.54, 1.807) is 6.07 Å². The minimum absolute atomic E-state index is 0.167. The average molecular weight is 571 g/mol. The minimum Gasteiger partial charge on any atom is -0.348 e. The molecule has 0 radical (unpaired) electrons. The lowest BCUT2D eigenvalue weighted by molar-refractivity contribution is 0.0652. The first-order valence-corrected chi connectivity index (χ1v) is 17.0. The quantitative estimate of drug-likeness (QED) is 0.181. The van der Waals surface area contributed by atoms with E-state index in [9.17, 15) is 8.42 Å². The van der Waals surface area contributed by atoms with Gasteiger partial charge in [0.1, 0.15) is 12.3 Å². The van der Waals surface area contributed by atoms with Gasteiger partial charge in [0.15, 0.2) is 9.84 Å². The minimum atomic E-state index is -3.36. The smallest absolute Gasteiger partial charge is 0.177 e. The van der Waals surface area contributed by atoms with E-state index >= 15 is 0 Å². The van der Waals surface area contributed by atoms with Crippen molar-refractivity contribution in [3.63, 3.8) is 0 Å². The molecule has 2 unspecified atom stereocenters. The van der Waals surface area contributed by atoms with Crippen LogP contribution in [0.1, 0.15) is 70.4 Å². The molecular weight excluding hydrogens is 528 g/mol. The molecule has 2 atom stereocenters. The van der Waals surface area contributed by atoms with Gasteiger partial charge in [0, 0.05) is 41.0 Å². The van der Waals surface area contributed by atoms with Crippen LogP contribution in [0.15, 0.2) is 71.6 Å². The van der Waals surface area contributed by atoms with Crippen LogP contribution in [0.2, 0.25) is 0 Å². The molecule has 4 aromatic rings. The number of para-hydroxylation sites is 2. The Hall–Kier alpha value is -3.09. The third-order valence-corrected chi connectivity index (χ3v) is 10.1. The summed E-state index contributed by atoms with van der Waals surface area (Å²) in [5.74, 6) is 0. The van der Waals surface area contributed by atoms with Crippen molar-refractivity contribution in [3.05, 3.63) is 77.9 Å². The summed E-state index contributed by atoms with van der Waals surface area (Å²) in [6, 6.07) is 21.1. The topological polar surface area (TPSA) is 51.5 Å². The molecule has 1 aromatic heterocycles. The highest BCUT2D eigenvalue weighted by atomic mass is 32.2. The third-order valence-electron chi connectivity index (χ3n) is 9.02. The van der Waals surface area contributed by atoms with Gasteiger partial charge in [-0.05, 0) is 55.7 Å². The third kappa shape index (κ3) is 5.10. The van der Waals surface area contributed by atoms with Gasteiger partial charge in [-0.25, -0.2) is 8.42 Å². The maximum atomic E-state index is 12.6. The molecule has 1 saturated heterocycles. The van der Waals surface area contributed by atoms with Crippen LogP contribution in [0.3, 0.4) is 0 Å². The first-order valence-electron chi connectivity index (χ1n) is 15.2. The van der Waals surface area contributed by atoms with Crippen LogP contribution < -0.4 is 4.90 Å². The SMILES string of the molecule is CCCCCCCCn1c2ccccc2c2cc(C=CC3OC4Cc5cccc(S(C)(=O)=O)c5N4C3(C)C)ccc21. The van der Waals surface area contributed by atoms with E-state index in [2.05, 4.69) is 84.9 Å². The van der Waals surface area contributed by atoms with Crippen molar-refractivity contribution >= 4 is 43.4 Å². The van der Waals surface area contributed by atoms with Crippen molar-refractivity contribution < 1.29 is 13.2 Å². The molecule has 3 aromatic carbocycles. The summed E-state index contributed by atoms with van der Waals surface area (Å²) < 4.78 is 34.3. The normalized spacial score (nSPS) is 20.0. The molecule has 216 valence electrons. The van der Waals surface area contributed by atoms with E-state index < -0.39 is 15.4 Å². The number of unbranched alkanes of at least 4 members (excludes halogenated alkanes) is 5. The highest BCUT2D eigenvalue weighted by Crippen LogP contribution is 2.48. The second-order valence-electron chi connectivity index (χ2n) is 12.3. The van der Waals surface area contributed by atoms with Gasteiger partial charge < -0.3 is 14.2 Å². The number of fused-ring (bicyclic) bond motifs is 6. The Morgan fingerprint density at radius 2 is 1.68 bits per heavy atom. The van der Waals surface area contributed by atoms with Crippen LogP contribution in [-0.2, 0) is 27.5 Å². The first-order chi connectivity index (χ1) is 19.7.